The van der Waals surface area contributed by atoms with Crippen LogP contribution in [0.2, 0.25) is 0 Å². The van der Waals surface area contributed by atoms with E-state index in [4.69, 9.17) is 4.74 Å². The number of ether oxygens (including phenoxy) is 1. The van der Waals surface area contributed by atoms with Gasteiger partial charge in [0.25, 0.3) is 0 Å². The molecular weight excluding hydrogens is 302 g/mol. The van der Waals surface area contributed by atoms with Crippen molar-refractivity contribution in [1.29, 1.82) is 0 Å². The SMILES string of the molecule is O=C(CCOc1ccccc1)NCCCC1CCS(=O)(=O)C1. The summed E-state index contributed by atoms with van der Waals surface area (Å²) in [6.45, 7) is 0.956. The first-order chi connectivity index (χ1) is 10.6. The summed E-state index contributed by atoms with van der Waals surface area (Å²) in [5.41, 5.74) is 0. The van der Waals surface area contributed by atoms with Gasteiger partial charge < -0.3 is 10.1 Å². The second-order valence-electron chi connectivity index (χ2n) is 5.67. The first-order valence-corrected chi connectivity index (χ1v) is 9.52. The number of benzene rings is 1. The van der Waals surface area contributed by atoms with E-state index in [0.717, 1.165) is 25.0 Å². The molecule has 1 aliphatic rings. The van der Waals surface area contributed by atoms with Gasteiger partial charge in [-0.25, -0.2) is 8.42 Å². The third-order valence-corrected chi connectivity index (χ3v) is 5.62. The van der Waals surface area contributed by atoms with E-state index in [1.165, 1.54) is 0 Å². The van der Waals surface area contributed by atoms with Gasteiger partial charge in [-0.3, -0.25) is 4.79 Å². The summed E-state index contributed by atoms with van der Waals surface area (Å²) in [6, 6.07) is 9.40. The zero-order valence-electron chi connectivity index (χ0n) is 12.7. The van der Waals surface area contributed by atoms with Gasteiger partial charge in [-0.1, -0.05) is 18.2 Å². The van der Waals surface area contributed by atoms with Crippen molar-refractivity contribution in [3.63, 3.8) is 0 Å². The Morgan fingerprint density at radius 2 is 2.05 bits per heavy atom. The van der Waals surface area contributed by atoms with Crippen LogP contribution in [-0.4, -0.2) is 39.0 Å². The second-order valence-corrected chi connectivity index (χ2v) is 7.90. The molecule has 0 bridgehead atoms. The third-order valence-electron chi connectivity index (χ3n) is 3.78. The molecule has 1 aliphatic heterocycles. The van der Waals surface area contributed by atoms with Crippen LogP contribution in [0.5, 0.6) is 5.75 Å². The van der Waals surface area contributed by atoms with Crippen molar-refractivity contribution in [2.75, 3.05) is 24.7 Å². The lowest BCUT2D eigenvalue weighted by molar-refractivity contribution is -0.121. The van der Waals surface area contributed by atoms with Gasteiger partial charge in [0.05, 0.1) is 24.5 Å². The number of hydrogen-bond donors (Lipinski definition) is 1. The van der Waals surface area contributed by atoms with Gasteiger partial charge in [-0.15, -0.1) is 0 Å². The highest BCUT2D eigenvalue weighted by atomic mass is 32.2. The lowest BCUT2D eigenvalue weighted by Gasteiger charge is -2.09. The lowest BCUT2D eigenvalue weighted by Crippen LogP contribution is -2.26. The molecule has 0 aromatic heterocycles. The molecule has 1 N–H and O–H groups in total. The van der Waals surface area contributed by atoms with E-state index in [-0.39, 0.29) is 11.8 Å². The Balaban J connectivity index is 1.51. The molecule has 122 valence electrons. The van der Waals surface area contributed by atoms with Gasteiger partial charge in [0.1, 0.15) is 5.75 Å². The Morgan fingerprint density at radius 3 is 2.73 bits per heavy atom. The molecule has 1 unspecified atom stereocenters. The van der Waals surface area contributed by atoms with Gasteiger partial charge in [0.2, 0.25) is 5.91 Å². The van der Waals surface area contributed by atoms with Crippen LogP contribution in [0.4, 0.5) is 0 Å². The van der Waals surface area contributed by atoms with E-state index in [1.54, 1.807) is 0 Å². The van der Waals surface area contributed by atoms with Crippen LogP contribution in [0.3, 0.4) is 0 Å². The summed E-state index contributed by atoms with van der Waals surface area (Å²) < 4.78 is 28.1. The molecule has 1 saturated heterocycles. The zero-order chi connectivity index (χ0) is 15.8. The van der Waals surface area contributed by atoms with Gasteiger partial charge in [0, 0.05) is 6.54 Å². The fraction of sp³-hybridized carbons (Fsp3) is 0.562. The molecule has 0 radical (unpaired) electrons. The minimum atomic E-state index is -2.79. The monoisotopic (exact) mass is 325 g/mol. The third kappa shape index (κ3) is 6.05. The molecule has 22 heavy (non-hydrogen) atoms. The number of carbonyl (C=O) groups excluding carboxylic acids is 1. The summed E-state index contributed by atoms with van der Waals surface area (Å²) >= 11 is 0. The smallest absolute Gasteiger partial charge is 0.223 e. The fourth-order valence-corrected chi connectivity index (χ4v) is 4.50. The average molecular weight is 325 g/mol. The van der Waals surface area contributed by atoms with Crippen molar-refractivity contribution < 1.29 is 17.9 Å². The number of amides is 1. The topological polar surface area (TPSA) is 72.5 Å². The summed E-state index contributed by atoms with van der Waals surface area (Å²) in [5, 5.41) is 2.85. The normalized spacial score (nSPS) is 19.7. The predicted octanol–water partition coefficient (Wildman–Crippen LogP) is 1.79. The molecule has 1 atom stereocenters. The summed E-state index contributed by atoms with van der Waals surface area (Å²) in [6.07, 6.45) is 2.78. The molecule has 0 aliphatic carbocycles. The average Bonchev–Trinajstić information content (AvgIpc) is 2.84. The van der Waals surface area contributed by atoms with Gasteiger partial charge in [-0.05, 0) is 37.3 Å². The summed E-state index contributed by atoms with van der Waals surface area (Å²) in [4.78, 5) is 11.6. The molecular formula is C16H23NO4S. The predicted molar refractivity (Wildman–Crippen MR) is 85.6 cm³/mol. The number of carbonyl (C=O) groups is 1. The van der Waals surface area contributed by atoms with E-state index < -0.39 is 9.84 Å². The van der Waals surface area contributed by atoms with Crippen LogP contribution in [0.1, 0.15) is 25.7 Å². The largest absolute Gasteiger partial charge is 0.493 e. The molecule has 1 aromatic carbocycles. The molecule has 1 aromatic rings. The van der Waals surface area contributed by atoms with E-state index >= 15 is 0 Å². The maximum absolute atomic E-state index is 11.6. The number of nitrogens with one attached hydrogen (secondary N) is 1. The molecule has 1 fully saturated rings. The van der Waals surface area contributed by atoms with Crippen molar-refractivity contribution >= 4 is 15.7 Å². The van der Waals surface area contributed by atoms with E-state index in [0.29, 0.717) is 31.1 Å². The Morgan fingerprint density at radius 1 is 1.27 bits per heavy atom. The lowest BCUT2D eigenvalue weighted by atomic mass is 10.0. The molecule has 0 saturated carbocycles. The molecule has 1 heterocycles. The Labute approximate surface area is 132 Å². The van der Waals surface area contributed by atoms with Crippen molar-refractivity contribution in [1.82, 2.24) is 5.32 Å². The summed E-state index contributed by atoms with van der Waals surface area (Å²) in [5.74, 6) is 1.63. The quantitative estimate of drug-likeness (QED) is 0.740. The minimum Gasteiger partial charge on any atom is -0.493 e. The van der Waals surface area contributed by atoms with Crippen molar-refractivity contribution in [3.8, 4) is 5.75 Å². The van der Waals surface area contributed by atoms with E-state index in [1.807, 2.05) is 30.3 Å². The Bertz CT molecular complexity index is 571. The molecule has 5 nitrogen and oxygen atoms in total. The van der Waals surface area contributed by atoms with Crippen molar-refractivity contribution in [2.24, 2.45) is 5.92 Å². The number of para-hydroxylation sites is 1. The van der Waals surface area contributed by atoms with Crippen molar-refractivity contribution in [3.05, 3.63) is 30.3 Å². The Hall–Kier alpha value is -1.56. The second kappa shape index (κ2) is 8.17. The van der Waals surface area contributed by atoms with Crippen LogP contribution in [0, 0.1) is 5.92 Å². The number of rotatable bonds is 8. The summed E-state index contributed by atoms with van der Waals surface area (Å²) in [7, 11) is -2.79. The first-order valence-electron chi connectivity index (χ1n) is 7.70. The molecule has 0 spiro atoms. The maximum Gasteiger partial charge on any atom is 0.223 e. The van der Waals surface area contributed by atoms with Crippen LogP contribution in [0.25, 0.3) is 0 Å². The zero-order valence-corrected chi connectivity index (χ0v) is 13.5. The van der Waals surface area contributed by atoms with Crippen molar-refractivity contribution in [2.45, 2.75) is 25.7 Å². The molecule has 2 rings (SSSR count). The maximum atomic E-state index is 11.6. The number of hydrogen-bond acceptors (Lipinski definition) is 4. The molecule has 6 heteroatoms. The fourth-order valence-electron chi connectivity index (χ4n) is 2.58. The van der Waals surface area contributed by atoms with Gasteiger partial charge >= 0.3 is 0 Å². The highest BCUT2D eigenvalue weighted by molar-refractivity contribution is 7.91. The van der Waals surface area contributed by atoms with E-state index in [2.05, 4.69) is 5.32 Å². The number of sulfone groups is 1. The highest BCUT2D eigenvalue weighted by Crippen LogP contribution is 2.22. The van der Waals surface area contributed by atoms with Crippen LogP contribution >= 0.6 is 0 Å². The highest BCUT2D eigenvalue weighted by Gasteiger charge is 2.27. The Kier molecular flexibility index (Phi) is 6.24. The standard InChI is InChI=1S/C16H23NO4S/c18-16(8-11-21-15-6-2-1-3-7-15)17-10-4-5-14-9-12-22(19,20)13-14/h1-3,6-7,14H,4-5,8-13H2,(H,17,18). The van der Waals surface area contributed by atoms with Crippen LogP contribution in [0.15, 0.2) is 30.3 Å². The van der Waals surface area contributed by atoms with Crippen LogP contribution < -0.4 is 10.1 Å². The van der Waals surface area contributed by atoms with Gasteiger partial charge in [-0.2, -0.15) is 0 Å². The van der Waals surface area contributed by atoms with E-state index in [9.17, 15) is 13.2 Å². The minimum absolute atomic E-state index is 0.0324. The van der Waals surface area contributed by atoms with Gasteiger partial charge in [0.15, 0.2) is 9.84 Å². The molecule has 1 amide bonds. The van der Waals surface area contributed by atoms with Crippen LogP contribution in [-0.2, 0) is 14.6 Å². The first kappa shape index (κ1) is 16.8.